The maximum absolute atomic E-state index is 6.16. The molecule has 0 amide bonds. The molecule has 2 aromatic rings. The van der Waals surface area contributed by atoms with E-state index in [9.17, 15) is 0 Å². The third kappa shape index (κ3) is 2.58. The summed E-state index contributed by atoms with van der Waals surface area (Å²) in [4.78, 5) is 5.92. The maximum atomic E-state index is 6.16. The molecule has 2 nitrogen and oxygen atoms in total. The van der Waals surface area contributed by atoms with Crippen LogP contribution in [0.3, 0.4) is 0 Å². The molecule has 1 aromatic heterocycles. The molecule has 0 spiro atoms. The molecule has 18 heavy (non-hydrogen) atoms. The van der Waals surface area contributed by atoms with Crippen molar-refractivity contribution in [3.8, 4) is 10.6 Å². The van der Waals surface area contributed by atoms with E-state index >= 15 is 0 Å². The fraction of sp³-hybridized carbons (Fsp3) is 0.357. The number of nitrogens with one attached hydrogen (secondary N) is 1. The molecule has 0 fully saturated rings. The van der Waals surface area contributed by atoms with Crippen molar-refractivity contribution in [2.24, 2.45) is 0 Å². The first kappa shape index (κ1) is 13.5. The first-order valence-corrected chi connectivity index (χ1v) is 7.13. The molecule has 1 N–H and O–H groups in total. The number of hydrogen-bond acceptors (Lipinski definition) is 3. The van der Waals surface area contributed by atoms with Crippen LogP contribution in [-0.2, 0) is 0 Å². The van der Waals surface area contributed by atoms with Crippen molar-refractivity contribution in [3.63, 3.8) is 0 Å². The highest BCUT2D eigenvalue weighted by Gasteiger charge is 2.14. The van der Waals surface area contributed by atoms with E-state index in [0.717, 1.165) is 26.9 Å². The number of aromatic nitrogens is 1. The number of hydrogen-bond donors (Lipinski definition) is 1. The molecule has 0 bridgehead atoms. The highest BCUT2D eigenvalue weighted by Crippen LogP contribution is 2.33. The second-order valence-electron chi connectivity index (χ2n) is 4.44. The number of nitrogens with zero attached hydrogens (tertiary/aromatic N) is 1. The van der Waals surface area contributed by atoms with Gasteiger partial charge in [-0.3, -0.25) is 0 Å². The molecule has 0 saturated heterocycles. The van der Waals surface area contributed by atoms with Gasteiger partial charge < -0.3 is 5.32 Å². The Bertz CT molecular complexity index is 563. The van der Waals surface area contributed by atoms with Crippen LogP contribution >= 0.6 is 22.9 Å². The fourth-order valence-electron chi connectivity index (χ4n) is 1.79. The summed E-state index contributed by atoms with van der Waals surface area (Å²) < 4.78 is 0. The van der Waals surface area contributed by atoms with Crippen molar-refractivity contribution in [2.45, 2.75) is 26.8 Å². The maximum Gasteiger partial charge on any atom is 0.123 e. The van der Waals surface area contributed by atoms with Crippen molar-refractivity contribution < 1.29 is 0 Å². The number of halogens is 1. The van der Waals surface area contributed by atoms with Crippen LogP contribution in [0, 0.1) is 13.8 Å². The van der Waals surface area contributed by atoms with Crippen molar-refractivity contribution in [1.82, 2.24) is 10.3 Å². The third-order valence-electron chi connectivity index (χ3n) is 3.08. The van der Waals surface area contributed by atoms with Gasteiger partial charge in [-0.1, -0.05) is 23.7 Å². The third-order valence-corrected chi connectivity index (χ3v) is 4.87. The molecule has 4 heteroatoms. The molecule has 0 aliphatic rings. The Morgan fingerprint density at radius 3 is 2.67 bits per heavy atom. The molecule has 1 atom stereocenters. The second-order valence-corrected chi connectivity index (χ2v) is 5.88. The highest BCUT2D eigenvalue weighted by atomic mass is 35.5. The number of benzene rings is 1. The van der Waals surface area contributed by atoms with Gasteiger partial charge in [0.2, 0.25) is 0 Å². The summed E-state index contributed by atoms with van der Waals surface area (Å²) in [6, 6.07) is 6.43. The Labute approximate surface area is 117 Å². The summed E-state index contributed by atoms with van der Waals surface area (Å²) in [5, 5.41) is 5.08. The van der Waals surface area contributed by atoms with Gasteiger partial charge in [0.15, 0.2) is 0 Å². The molecule has 96 valence electrons. The quantitative estimate of drug-likeness (QED) is 0.903. The summed E-state index contributed by atoms with van der Waals surface area (Å²) in [6.45, 7) is 6.21. The van der Waals surface area contributed by atoms with Gasteiger partial charge in [0.05, 0.1) is 5.69 Å². The Morgan fingerprint density at radius 1 is 1.33 bits per heavy atom. The summed E-state index contributed by atoms with van der Waals surface area (Å²) in [7, 11) is 1.96. The summed E-state index contributed by atoms with van der Waals surface area (Å²) in [6.07, 6.45) is 0. The molecular weight excluding hydrogens is 264 g/mol. The number of aryl methyl sites for hydroxylation is 2. The highest BCUT2D eigenvalue weighted by molar-refractivity contribution is 7.15. The zero-order valence-electron chi connectivity index (χ0n) is 11.0. The van der Waals surface area contributed by atoms with E-state index in [2.05, 4.69) is 30.2 Å². The van der Waals surface area contributed by atoms with E-state index in [-0.39, 0.29) is 0 Å². The van der Waals surface area contributed by atoms with E-state index in [1.54, 1.807) is 11.3 Å². The van der Waals surface area contributed by atoms with Crippen LogP contribution in [0.25, 0.3) is 10.6 Å². The second kappa shape index (κ2) is 5.39. The SMILES string of the molecule is CNC(C)c1sc(-c2ccc(C)c(Cl)c2)nc1C. The lowest BCUT2D eigenvalue weighted by Crippen LogP contribution is -2.11. The van der Waals surface area contributed by atoms with Gasteiger partial charge in [-0.25, -0.2) is 4.98 Å². The van der Waals surface area contributed by atoms with Crippen LogP contribution in [-0.4, -0.2) is 12.0 Å². The summed E-state index contributed by atoms with van der Waals surface area (Å²) in [5.74, 6) is 0. The van der Waals surface area contributed by atoms with Crippen molar-refractivity contribution >= 4 is 22.9 Å². The van der Waals surface area contributed by atoms with E-state index in [0.29, 0.717) is 6.04 Å². The lowest BCUT2D eigenvalue weighted by atomic mass is 10.1. The van der Waals surface area contributed by atoms with E-state index < -0.39 is 0 Å². The fourth-order valence-corrected chi connectivity index (χ4v) is 3.09. The first-order chi connectivity index (χ1) is 8.52. The lowest BCUT2D eigenvalue weighted by Gasteiger charge is -2.07. The Hall–Kier alpha value is -0.900. The zero-order valence-corrected chi connectivity index (χ0v) is 12.6. The molecule has 2 rings (SSSR count). The van der Waals surface area contributed by atoms with Gasteiger partial charge in [-0.15, -0.1) is 11.3 Å². The Balaban J connectivity index is 2.42. The average molecular weight is 281 g/mol. The van der Waals surface area contributed by atoms with Crippen LogP contribution in [0.2, 0.25) is 5.02 Å². The largest absolute Gasteiger partial charge is 0.312 e. The topological polar surface area (TPSA) is 24.9 Å². The average Bonchev–Trinajstić information content (AvgIpc) is 2.74. The molecule has 0 radical (unpaired) electrons. The van der Waals surface area contributed by atoms with Gasteiger partial charge in [0, 0.05) is 21.5 Å². The minimum absolute atomic E-state index is 0.331. The molecule has 1 heterocycles. The van der Waals surface area contributed by atoms with Crippen LogP contribution in [0.1, 0.15) is 29.1 Å². The zero-order chi connectivity index (χ0) is 13.3. The van der Waals surface area contributed by atoms with Crippen LogP contribution in [0.15, 0.2) is 18.2 Å². The van der Waals surface area contributed by atoms with Gasteiger partial charge in [0.1, 0.15) is 5.01 Å². The van der Waals surface area contributed by atoms with Gasteiger partial charge >= 0.3 is 0 Å². The van der Waals surface area contributed by atoms with Gasteiger partial charge in [-0.2, -0.15) is 0 Å². The normalized spacial score (nSPS) is 12.7. The number of thiazole rings is 1. The minimum atomic E-state index is 0.331. The minimum Gasteiger partial charge on any atom is -0.312 e. The van der Waals surface area contributed by atoms with Crippen molar-refractivity contribution in [2.75, 3.05) is 7.05 Å². The molecular formula is C14H17ClN2S. The number of rotatable bonds is 3. The van der Waals surface area contributed by atoms with Gasteiger partial charge in [-0.05, 0) is 39.4 Å². The van der Waals surface area contributed by atoms with Crippen molar-refractivity contribution in [3.05, 3.63) is 39.4 Å². The lowest BCUT2D eigenvalue weighted by molar-refractivity contribution is 0.658. The van der Waals surface area contributed by atoms with E-state index in [1.807, 2.05) is 26.1 Å². The predicted molar refractivity (Wildman–Crippen MR) is 79.5 cm³/mol. The van der Waals surface area contributed by atoms with Crippen LogP contribution in [0.5, 0.6) is 0 Å². The monoisotopic (exact) mass is 280 g/mol. The Morgan fingerprint density at radius 2 is 2.06 bits per heavy atom. The van der Waals surface area contributed by atoms with Crippen LogP contribution in [0.4, 0.5) is 0 Å². The van der Waals surface area contributed by atoms with Gasteiger partial charge in [0.25, 0.3) is 0 Å². The van der Waals surface area contributed by atoms with E-state index in [1.165, 1.54) is 4.88 Å². The van der Waals surface area contributed by atoms with E-state index in [4.69, 9.17) is 11.6 Å². The summed E-state index contributed by atoms with van der Waals surface area (Å²) >= 11 is 7.89. The summed E-state index contributed by atoms with van der Waals surface area (Å²) in [5.41, 5.74) is 3.28. The molecule has 1 aromatic carbocycles. The molecule has 0 aliphatic heterocycles. The predicted octanol–water partition coefficient (Wildman–Crippen LogP) is 4.36. The Kier molecular flexibility index (Phi) is 4.05. The smallest absolute Gasteiger partial charge is 0.123 e. The molecule has 1 unspecified atom stereocenters. The van der Waals surface area contributed by atoms with Crippen LogP contribution < -0.4 is 5.32 Å². The molecule has 0 aliphatic carbocycles. The standard InChI is InChI=1S/C14H17ClN2S/c1-8-5-6-11(7-12(8)15)14-17-10(3)13(18-14)9(2)16-4/h5-7,9,16H,1-4H3. The molecule has 0 saturated carbocycles. The first-order valence-electron chi connectivity index (χ1n) is 5.94. The van der Waals surface area contributed by atoms with Crippen molar-refractivity contribution in [1.29, 1.82) is 0 Å².